The van der Waals surface area contributed by atoms with Crippen LogP contribution < -0.4 is 10.6 Å². The molecule has 2 aromatic rings. The van der Waals surface area contributed by atoms with Crippen molar-refractivity contribution in [3.05, 3.63) is 52.9 Å². The van der Waals surface area contributed by atoms with E-state index in [1.807, 2.05) is 0 Å². The van der Waals surface area contributed by atoms with E-state index in [0.717, 1.165) is 61.9 Å². The molecule has 0 spiro atoms. The Kier molecular flexibility index (Phi) is 8.84. The highest BCUT2D eigenvalue weighted by Gasteiger charge is 2.13. The molecule has 0 amide bonds. The van der Waals surface area contributed by atoms with Crippen molar-refractivity contribution < 1.29 is 4.52 Å². The van der Waals surface area contributed by atoms with Gasteiger partial charge in [0.1, 0.15) is 5.76 Å². The average molecular weight is 372 g/mol. The van der Waals surface area contributed by atoms with Gasteiger partial charge in [-0.25, -0.2) is 0 Å². The second kappa shape index (κ2) is 11.4. The Morgan fingerprint density at radius 2 is 1.93 bits per heavy atom. The molecule has 0 unspecified atom stereocenters. The Morgan fingerprint density at radius 3 is 2.59 bits per heavy atom. The first-order valence-electron chi connectivity index (χ1n) is 9.81. The zero-order valence-electron chi connectivity index (χ0n) is 17.1. The fraction of sp³-hybridized carbons (Fsp3) is 0.524. The van der Waals surface area contributed by atoms with Crippen LogP contribution >= 0.6 is 0 Å². The third kappa shape index (κ3) is 6.71. The Bertz CT molecular complexity index is 674. The molecule has 0 saturated carbocycles. The normalized spacial score (nSPS) is 11.8. The summed E-state index contributed by atoms with van der Waals surface area (Å²) in [5.41, 5.74) is 3.53. The van der Waals surface area contributed by atoms with Crippen molar-refractivity contribution in [2.75, 3.05) is 27.2 Å². The van der Waals surface area contributed by atoms with Crippen molar-refractivity contribution in [2.45, 2.75) is 46.2 Å². The summed E-state index contributed by atoms with van der Waals surface area (Å²) in [6, 6.07) is 10.6. The van der Waals surface area contributed by atoms with Gasteiger partial charge in [-0.3, -0.25) is 4.99 Å². The summed E-state index contributed by atoms with van der Waals surface area (Å²) in [7, 11) is 3.95. The quantitative estimate of drug-likeness (QED) is 0.382. The summed E-state index contributed by atoms with van der Waals surface area (Å²) in [5, 5.41) is 10.9. The maximum absolute atomic E-state index is 5.42. The molecule has 0 aliphatic heterocycles. The van der Waals surface area contributed by atoms with Crippen molar-refractivity contribution in [3.8, 4) is 0 Å². The lowest BCUT2D eigenvalue weighted by atomic mass is 10.1. The van der Waals surface area contributed by atoms with Crippen LogP contribution in [-0.4, -0.2) is 43.2 Å². The second-order valence-corrected chi connectivity index (χ2v) is 6.67. The van der Waals surface area contributed by atoms with E-state index in [-0.39, 0.29) is 0 Å². The molecular formula is C21H33N5O. The first kappa shape index (κ1) is 21.0. The summed E-state index contributed by atoms with van der Waals surface area (Å²) in [5.74, 6) is 1.77. The lowest BCUT2D eigenvalue weighted by molar-refractivity contribution is 0.322. The summed E-state index contributed by atoms with van der Waals surface area (Å²) < 4.78 is 5.42. The molecular weight excluding hydrogens is 338 g/mol. The highest BCUT2D eigenvalue weighted by atomic mass is 16.5. The smallest absolute Gasteiger partial charge is 0.191 e. The minimum atomic E-state index is 0.684. The maximum Gasteiger partial charge on any atom is 0.191 e. The largest absolute Gasteiger partial charge is 0.361 e. The van der Waals surface area contributed by atoms with E-state index in [1.165, 1.54) is 5.56 Å². The number of aromatic nitrogens is 1. The molecule has 1 aromatic heterocycles. The number of hydrogen-bond donors (Lipinski definition) is 2. The predicted octanol–water partition coefficient (Wildman–Crippen LogP) is 2.99. The average Bonchev–Trinajstić information content (AvgIpc) is 3.10. The maximum atomic E-state index is 5.42. The van der Waals surface area contributed by atoms with Crippen molar-refractivity contribution in [1.82, 2.24) is 20.7 Å². The zero-order valence-corrected chi connectivity index (χ0v) is 17.1. The van der Waals surface area contributed by atoms with E-state index in [9.17, 15) is 0 Å². The van der Waals surface area contributed by atoms with Crippen LogP contribution in [0, 0.1) is 0 Å². The third-order valence-corrected chi connectivity index (χ3v) is 4.57. The minimum Gasteiger partial charge on any atom is -0.361 e. The molecule has 0 fully saturated rings. The van der Waals surface area contributed by atoms with Crippen LogP contribution in [0.1, 0.15) is 42.8 Å². The van der Waals surface area contributed by atoms with Gasteiger partial charge in [0.25, 0.3) is 0 Å². The van der Waals surface area contributed by atoms with E-state index in [4.69, 9.17) is 4.52 Å². The monoisotopic (exact) mass is 371 g/mol. The van der Waals surface area contributed by atoms with Gasteiger partial charge in [0.15, 0.2) is 5.96 Å². The van der Waals surface area contributed by atoms with E-state index in [2.05, 4.69) is 76.9 Å². The Hall–Kier alpha value is -2.34. The van der Waals surface area contributed by atoms with E-state index in [1.54, 1.807) is 7.05 Å². The molecule has 27 heavy (non-hydrogen) atoms. The van der Waals surface area contributed by atoms with Crippen LogP contribution in [-0.2, 0) is 25.9 Å². The lowest BCUT2D eigenvalue weighted by Gasteiger charge is -2.17. The molecule has 0 aliphatic carbocycles. The molecule has 0 radical (unpaired) electrons. The van der Waals surface area contributed by atoms with Gasteiger partial charge in [-0.15, -0.1) is 0 Å². The number of nitrogens with one attached hydrogen (secondary N) is 2. The molecule has 6 nitrogen and oxygen atoms in total. The number of benzene rings is 1. The molecule has 2 rings (SSSR count). The molecule has 6 heteroatoms. The van der Waals surface area contributed by atoms with Crippen molar-refractivity contribution in [3.63, 3.8) is 0 Å². The summed E-state index contributed by atoms with van der Waals surface area (Å²) in [6.07, 6.45) is 2.78. The SMILES string of the molecule is CCc1noc(CC)c1CNC(=NC)NCCCN(C)Cc1ccccc1. The van der Waals surface area contributed by atoms with Crippen LogP contribution in [0.15, 0.2) is 39.8 Å². The van der Waals surface area contributed by atoms with Crippen LogP contribution in [0.5, 0.6) is 0 Å². The molecule has 0 bridgehead atoms. The van der Waals surface area contributed by atoms with Gasteiger partial charge < -0.3 is 20.1 Å². The van der Waals surface area contributed by atoms with Gasteiger partial charge in [-0.1, -0.05) is 49.3 Å². The van der Waals surface area contributed by atoms with Gasteiger partial charge in [0, 0.05) is 38.7 Å². The molecule has 0 atom stereocenters. The zero-order chi connectivity index (χ0) is 19.5. The predicted molar refractivity (Wildman–Crippen MR) is 111 cm³/mol. The number of aliphatic imine (C=N–C) groups is 1. The molecule has 2 N–H and O–H groups in total. The first-order valence-corrected chi connectivity index (χ1v) is 9.81. The van der Waals surface area contributed by atoms with Gasteiger partial charge in [-0.2, -0.15) is 0 Å². The number of hydrogen-bond acceptors (Lipinski definition) is 4. The Labute approximate surface area is 163 Å². The van der Waals surface area contributed by atoms with Gasteiger partial charge in [0.2, 0.25) is 0 Å². The standard InChI is InChI=1S/C21H33N5O/c1-5-19-18(20(6-2)27-25-19)15-24-21(22-3)23-13-10-14-26(4)16-17-11-8-7-9-12-17/h7-9,11-12H,5-6,10,13-16H2,1-4H3,(H2,22,23,24). The van der Waals surface area contributed by atoms with Gasteiger partial charge in [-0.05, 0) is 32.0 Å². The van der Waals surface area contributed by atoms with Gasteiger partial charge >= 0.3 is 0 Å². The van der Waals surface area contributed by atoms with Crippen LogP contribution in [0.3, 0.4) is 0 Å². The highest BCUT2D eigenvalue weighted by molar-refractivity contribution is 5.79. The summed E-state index contributed by atoms with van der Waals surface area (Å²) in [4.78, 5) is 6.65. The number of nitrogens with zero attached hydrogens (tertiary/aromatic N) is 3. The molecule has 1 aromatic carbocycles. The highest BCUT2D eigenvalue weighted by Crippen LogP contribution is 2.15. The summed E-state index contributed by atoms with van der Waals surface area (Å²) in [6.45, 7) is 7.75. The molecule has 0 saturated heterocycles. The van der Waals surface area contributed by atoms with Crippen LogP contribution in [0.4, 0.5) is 0 Å². The van der Waals surface area contributed by atoms with Crippen molar-refractivity contribution in [1.29, 1.82) is 0 Å². The first-order chi connectivity index (χ1) is 13.2. The molecule has 148 valence electrons. The molecule has 1 heterocycles. The Balaban J connectivity index is 1.71. The van der Waals surface area contributed by atoms with E-state index in [0.29, 0.717) is 6.54 Å². The van der Waals surface area contributed by atoms with Crippen LogP contribution in [0.25, 0.3) is 0 Å². The summed E-state index contributed by atoms with van der Waals surface area (Å²) >= 11 is 0. The fourth-order valence-electron chi connectivity index (χ4n) is 3.06. The molecule has 0 aliphatic rings. The van der Waals surface area contributed by atoms with Gasteiger partial charge in [0.05, 0.1) is 5.69 Å². The van der Waals surface area contributed by atoms with Crippen molar-refractivity contribution >= 4 is 5.96 Å². The number of aryl methyl sites for hydroxylation is 2. The fourth-order valence-corrected chi connectivity index (χ4v) is 3.06. The minimum absolute atomic E-state index is 0.684. The third-order valence-electron chi connectivity index (χ3n) is 4.57. The Morgan fingerprint density at radius 1 is 1.15 bits per heavy atom. The van der Waals surface area contributed by atoms with Crippen molar-refractivity contribution in [2.24, 2.45) is 4.99 Å². The van der Waals surface area contributed by atoms with E-state index >= 15 is 0 Å². The number of rotatable bonds is 10. The van der Waals surface area contributed by atoms with E-state index < -0.39 is 0 Å². The number of guanidine groups is 1. The lowest BCUT2D eigenvalue weighted by Crippen LogP contribution is -2.38. The van der Waals surface area contributed by atoms with Crippen LogP contribution in [0.2, 0.25) is 0 Å². The topological polar surface area (TPSA) is 65.7 Å². The second-order valence-electron chi connectivity index (χ2n) is 6.67.